The van der Waals surface area contributed by atoms with Gasteiger partial charge in [0.25, 0.3) is 0 Å². The molecular formula is C21H19N5O2. The number of hydrogen-bond acceptors (Lipinski definition) is 5. The minimum Gasteiger partial charge on any atom is -0.444 e. The van der Waals surface area contributed by atoms with Crippen LogP contribution in [0.2, 0.25) is 0 Å². The Hall–Kier alpha value is -3.87. The summed E-state index contributed by atoms with van der Waals surface area (Å²) in [5.74, 6) is 0.716. The highest BCUT2D eigenvalue weighted by molar-refractivity contribution is 5.85. The smallest absolute Gasteiger partial charge is 0.411 e. The van der Waals surface area contributed by atoms with E-state index in [9.17, 15) is 4.79 Å². The van der Waals surface area contributed by atoms with Crippen LogP contribution in [0.3, 0.4) is 0 Å². The Bertz CT molecular complexity index is 1090. The molecule has 0 bridgehead atoms. The van der Waals surface area contributed by atoms with Crippen LogP contribution in [0.1, 0.15) is 5.56 Å². The third kappa shape index (κ3) is 3.64. The third-order valence-corrected chi connectivity index (χ3v) is 4.30. The number of carbonyl (C=O) groups is 1. The molecule has 0 spiro atoms. The Kier molecular flexibility index (Phi) is 4.88. The lowest BCUT2D eigenvalue weighted by Crippen LogP contribution is -2.13. The second kappa shape index (κ2) is 7.79. The monoisotopic (exact) mass is 373 g/mol. The quantitative estimate of drug-likeness (QED) is 0.548. The van der Waals surface area contributed by atoms with Crippen LogP contribution in [-0.2, 0) is 11.3 Å². The van der Waals surface area contributed by atoms with Crippen LogP contribution in [0.5, 0.6) is 0 Å². The van der Waals surface area contributed by atoms with Crippen LogP contribution in [-0.4, -0.2) is 27.5 Å². The Morgan fingerprint density at radius 1 is 1.07 bits per heavy atom. The number of nitrogens with zero attached hydrogens (tertiary/aromatic N) is 3. The minimum atomic E-state index is -0.490. The van der Waals surface area contributed by atoms with Crippen LogP contribution >= 0.6 is 0 Å². The van der Waals surface area contributed by atoms with Crippen LogP contribution in [0, 0.1) is 0 Å². The maximum absolute atomic E-state index is 12.0. The minimum absolute atomic E-state index is 0.231. The Labute approximate surface area is 162 Å². The first-order chi connectivity index (χ1) is 13.7. The largest absolute Gasteiger partial charge is 0.444 e. The zero-order valence-electron chi connectivity index (χ0n) is 15.3. The Morgan fingerprint density at radius 2 is 1.86 bits per heavy atom. The second-order valence-corrected chi connectivity index (χ2v) is 6.13. The number of fused-ring (bicyclic) bond motifs is 1. The van der Waals surface area contributed by atoms with E-state index >= 15 is 0 Å². The van der Waals surface area contributed by atoms with Gasteiger partial charge in [-0.25, -0.2) is 14.8 Å². The molecule has 0 saturated heterocycles. The van der Waals surface area contributed by atoms with E-state index in [1.54, 1.807) is 12.4 Å². The van der Waals surface area contributed by atoms with Crippen molar-refractivity contribution in [1.82, 2.24) is 14.4 Å². The highest BCUT2D eigenvalue weighted by atomic mass is 16.5. The van der Waals surface area contributed by atoms with Gasteiger partial charge >= 0.3 is 6.09 Å². The summed E-state index contributed by atoms with van der Waals surface area (Å²) in [6.07, 6.45) is 4.90. The van der Waals surface area contributed by atoms with Crippen molar-refractivity contribution in [3.63, 3.8) is 0 Å². The number of benzene rings is 2. The van der Waals surface area contributed by atoms with Gasteiger partial charge in [0.2, 0.25) is 0 Å². The summed E-state index contributed by atoms with van der Waals surface area (Å²) in [5.41, 5.74) is 4.27. The highest BCUT2D eigenvalue weighted by Crippen LogP contribution is 2.24. The molecule has 28 heavy (non-hydrogen) atoms. The molecule has 0 saturated carbocycles. The summed E-state index contributed by atoms with van der Waals surface area (Å²) in [6, 6.07) is 17.1. The maximum atomic E-state index is 12.0. The summed E-state index contributed by atoms with van der Waals surface area (Å²) in [5, 5.41) is 5.77. The molecule has 0 fully saturated rings. The zero-order chi connectivity index (χ0) is 19.3. The SMILES string of the molecule is CNc1nccn2c(-c3ccc(NC(=O)OCc4ccccc4)cc3)cnc12. The average Bonchev–Trinajstić information content (AvgIpc) is 3.18. The summed E-state index contributed by atoms with van der Waals surface area (Å²) in [6.45, 7) is 0.231. The van der Waals surface area contributed by atoms with E-state index in [4.69, 9.17) is 4.74 Å². The lowest BCUT2D eigenvalue weighted by molar-refractivity contribution is 0.155. The van der Waals surface area contributed by atoms with Crippen molar-refractivity contribution < 1.29 is 9.53 Å². The van der Waals surface area contributed by atoms with Crippen LogP contribution < -0.4 is 10.6 Å². The van der Waals surface area contributed by atoms with Crippen LogP contribution in [0.25, 0.3) is 16.9 Å². The summed E-state index contributed by atoms with van der Waals surface area (Å²) in [4.78, 5) is 20.7. The lowest BCUT2D eigenvalue weighted by Gasteiger charge is -2.08. The molecule has 0 aliphatic carbocycles. The van der Waals surface area contributed by atoms with Crippen molar-refractivity contribution in [2.75, 3.05) is 17.7 Å². The fourth-order valence-corrected chi connectivity index (χ4v) is 2.91. The second-order valence-electron chi connectivity index (χ2n) is 6.13. The van der Waals surface area contributed by atoms with Crippen molar-refractivity contribution in [2.45, 2.75) is 6.61 Å². The van der Waals surface area contributed by atoms with Gasteiger partial charge in [0, 0.05) is 30.7 Å². The number of hydrogen-bond donors (Lipinski definition) is 2. The van der Waals surface area contributed by atoms with Gasteiger partial charge in [-0.05, 0) is 17.7 Å². The Morgan fingerprint density at radius 3 is 2.61 bits per heavy atom. The van der Waals surface area contributed by atoms with E-state index in [0.717, 1.165) is 22.5 Å². The Balaban J connectivity index is 1.45. The van der Waals surface area contributed by atoms with Gasteiger partial charge in [-0.2, -0.15) is 0 Å². The summed E-state index contributed by atoms with van der Waals surface area (Å²) in [7, 11) is 1.81. The summed E-state index contributed by atoms with van der Waals surface area (Å²) >= 11 is 0. The lowest BCUT2D eigenvalue weighted by atomic mass is 10.1. The number of carbonyl (C=O) groups excluding carboxylic acids is 1. The molecule has 1 amide bonds. The van der Waals surface area contributed by atoms with E-state index in [0.29, 0.717) is 11.5 Å². The number of rotatable bonds is 5. The molecule has 4 rings (SSSR count). The molecule has 2 aromatic carbocycles. The molecule has 0 unspecified atom stereocenters. The van der Waals surface area contributed by atoms with Crippen molar-refractivity contribution in [1.29, 1.82) is 0 Å². The summed E-state index contributed by atoms with van der Waals surface area (Å²) < 4.78 is 7.21. The van der Waals surface area contributed by atoms with Gasteiger partial charge in [0.05, 0.1) is 11.9 Å². The highest BCUT2D eigenvalue weighted by Gasteiger charge is 2.10. The molecule has 0 radical (unpaired) electrons. The molecule has 4 aromatic rings. The molecule has 2 aromatic heterocycles. The first kappa shape index (κ1) is 17.5. The van der Waals surface area contributed by atoms with E-state index in [1.807, 2.05) is 72.2 Å². The number of amides is 1. The molecule has 0 aliphatic rings. The molecule has 7 nitrogen and oxygen atoms in total. The first-order valence-electron chi connectivity index (χ1n) is 8.82. The van der Waals surface area contributed by atoms with E-state index in [2.05, 4.69) is 20.6 Å². The van der Waals surface area contributed by atoms with Gasteiger partial charge in [0.15, 0.2) is 11.5 Å². The standard InChI is InChI=1S/C21H19N5O2/c1-22-19-20-24-13-18(26(20)12-11-23-19)16-7-9-17(10-8-16)25-21(27)28-14-15-5-3-2-4-6-15/h2-13H,14H2,1H3,(H,22,23)(H,25,27). The van der Waals surface area contributed by atoms with Crippen LogP contribution in [0.15, 0.2) is 73.2 Å². The zero-order valence-corrected chi connectivity index (χ0v) is 15.3. The fourth-order valence-electron chi connectivity index (χ4n) is 2.91. The van der Waals surface area contributed by atoms with Crippen molar-refractivity contribution >= 4 is 23.2 Å². The molecule has 0 aliphatic heterocycles. The predicted octanol–water partition coefficient (Wildman–Crippen LogP) is 4.19. The van der Waals surface area contributed by atoms with Crippen molar-refractivity contribution in [3.05, 3.63) is 78.8 Å². The van der Waals surface area contributed by atoms with Gasteiger partial charge < -0.3 is 10.1 Å². The number of anilines is 2. The van der Waals surface area contributed by atoms with E-state index in [1.165, 1.54) is 0 Å². The van der Waals surface area contributed by atoms with Crippen molar-refractivity contribution in [3.8, 4) is 11.3 Å². The number of imidazole rings is 1. The molecular weight excluding hydrogens is 354 g/mol. The maximum Gasteiger partial charge on any atom is 0.411 e. The number of aromatic nitrogens is 3. The molecule has 2 N–H and O–H groups in total. The number of ether oxygens (including phenoxy) is 1. The molecule has 140 valence electrons. The third-order valence-electron chi connectivity index (χ3n) is 4.30. The first-order valence-corrected chi connectivity index (χ1v) is 8.82. The molecule has 0 atom stereocenters. The van der Waals surface area contributed by atoms with Gasteiger partial charge in [-0.1, -0.05) is 42.5 Å². The van der Waals surface area contributed by atoms with Gasteiger partial charge in [0.1, 0.15) is 6.61 Å². The van der Waals surface area contributed by atoms with Crippen LogP contribution in [0.4, 0.5) is 16.3 Å². The predicted molar refractivity (Wildman–Crippen MR) is 108 cm³/mol. The van der Waals surface area contributed by atoms with Crippen molar-refractivity contribution in [2.24, 2.45) is 0 Å². The normalized spacial score (nSPS) is 10.6. The average molecular weight is 373 g/mol. The van der Waals surface area contributed by atoms with Gasteiger partial charge in [-0.3, -0.25) is 9.72 Å². The topological polar surface area (TPSA) is 80.5 Å². The fraction of sp³-hybridized carbons (Fsp3) is 0.0952. The molecule has 7 heteroatoms. The van der Waals surface area contributed by atoms with E-state index in [-0.39, 0.29) is 6.61 Å². The number of nitrogens with one attached hydrogen (secondary N) is 2. The van der Waals surface area contributed by atoms with E-state index < -0.39 is 6.09 Å². The van der Waals surface area contributed by atoms with Gasteiger partial charge in [-0.15, -0.1) is 0 Å². The molecule has 2 heterocycles.